The second-order valence-corrected chi connectivity index (χ2v) is 8.35. The van der Waals surface area contributed by atoms with Gasteiger partial charge < -0.3 is 5.32 Å². The van der Waals surface area contributed by atoms with E-state index in [1.807, 2.05) is 0 Å². The summed E-state index contributed by atoms with van der Waals surface area (Å²) in [4.78, 5) is 23.9. The SMILES string of the molecule is CC(=O)c1cccc(NC(=O)c2ccc(S(=O)(=O)Nc3ccc(Cl)cc3)cc2)c1. The molecule has 0 fully saturated rings. The van der Waals surface area contributed by atoms with Crippen LogP contribution in [-0.4, -0.2) is 20.1 Å². The Kier molecular flexibility index (Phi) is 6.00. The van der Waals surface area contributed by atoms with E-state index >= 15 is 0 Å². The van der Waals surface area contributed by atoms with E-state index in [-0.39, 0.29) is 16.2 Å². The fourth-order valence-electron chi connectivity index (χ4n) is 2.54. The van der Waals surface area contributed by atoms with Crippen molar-refractivity contribution >= 4 is 44.7 Å². The highest BCUT2D eigenvalue weighted by molar-refractivity contribution is 7.92. The Morgan fingerprint density at radius 1 is 0.828 bits per heavy atom. The van der Waals surface area contributed by atoms with Crippen LogP contribution in [0.25, 0.3) is 0 Å². The van der Waals surface area contributed by atoms with Crippen molar-refractivity contribution in [2.75, 3.05) is 10.0 Å². The van der Waals surface area contributed by atoms with Crippen molar-refractivity contribution in [1.29, 1.82) is 0 Å². The quantitative estimate of drug-likeness (QED) is 0.561. The molecule has 148 valence electrons. The van der Waals surface area contributed by atoms with E-state index in [0.717, 1.165) is 0 Å². The van der Waals surface area contributed by atoms with Crippen LogP contribution < -0.4 is 10.0 Å². The van der Waals surface area contributed by atoms with Crippen molar-refractivity contribution in [3.63, 3.8) is 0 Å². The number of benzene rings is 3. The number of hydrogen-bond donors (Lipinski definition) is 2. The third kappa shape index (κ3) is 5.22. The second-order valence-electron chi connectivity index (χ2n) is 6.23. The summed E-state index contributed by atoms with van der Waals surface area (Å²) in [6, 6.07) is 18.4. The summed E-state index contributed by atoms with van der Waals surface area (Å²) < 4.78 is 27.4. The lowest BCUT2D eigenvalue weighted by Crippen LogP contribution is -2.15. The Balaban J connectivity index is 1.73. The molecule has 3 aromatic rings. The fourth-order valence-corrected chi connectivity index (χ4v) is 3.72. The van der Waals surface area contributed by atoms with E-state index in [4.69, 9.17) is 11.6 Å². The summed E-state index contributed by atoms with van der Waals surface area (Å²) in [5.74, 6) is -0.524. The highest BCUT2D eigenvalue weighted by Crippen LogP contribution is 2.19. The predicted molar refractivity (Wildman–Crippen MR) is 113 cm³/mol. The number of anilines is 2. The van der Waals surface area contributed by atoms with Gasteiger partial charge in [-0.2, -0.15) is 0 Å². The monoisotopic (exact) mass is 428 g/mol. The zero-order valence-corrected chi connectivity index (χ0v) is 16.9. The lowest BCUT2D eigenvalue weighted by Gasteiger charge is -2.10. The third-order valence-corrected chi connectivity index (χ3v) is 5.70. The Bertz CT molecular complexity index is 1160. The summed E-state index contributed by atoms with van der Waals surface area (Å²) in [5, 5.41) is 3.19. The van der Waals surface area contributed by atoms with Gasteiger partial charge in [0.25, 0.3) is 15.9 Å². The smallest absolute Gasteiger partial charge is 0.261 e. The molecular weight excluding hydrogens is 412 g/mol. The number of carbonyl (C=O) groups is 2. The number of ketones is 1. The maximum Gasteiger partial charge on any atom is 0.261 e. The van der Waals surface area contributed by atoms with Crippen molar-refractivity contribution in [3.05, 3.63) is 88.9 Å². The van der Waals surface area contributed by atoms with Crippen LogP contribution in [0, 0.1) is 0 Å². The molecule has 8 heteroatoms. The Morgan fingerprint density at radius 2 is 1.48 bits per heavy atom. The van der Waals surface area contributed by atoms with E-state index in [0.29, 0.717) is 22.0 Å². The molecule has 3 aromatic carbocycles. The molecule has 1 amide bonds. The van der Waals surface area contributed by atoms with Gasteiger partial charge in [-0.25, -0.2) is 8.42 Å². The molecule has 0 saturated heterocycles. The van der Waals surface area contributed by atoms with Gasteiger partial charge in [-0.15, -0.1) is 0 Å². The number of Topliss-reactive ketones (excluding diaryl/α,β-unsaturated/α-hetero) is 1. The van der Waals surface area contributed by atoms with E-state index in [9.17, 15) is 18.0 Å². The van der Waals surface area contributed by atoms with Crippen LogP contribution in [0.1, 0.15) is 27.6 Å². The lowest BCUT2D eigenvalue weighted by molar-refractivity contribution is 0.101. The maximum absolute atomic E-state index is 12.5. The van der Waals surface area contributed by atoms with Gasteiger partial charge in [0.2, 0.25) is 0 Å². The number of rotatable bonds is 6. The van der Waals surface area contributed by atoms with Crippen LogP contribution >= 0.6 is 11.6 Å². The average molecular weight is 429 g/mol. The van der Waals surface area contributed by atoms with Gasteiger partial charge in [0.1, 0.15) is 0 Å². The first-order chi connectivity index (χ1) is 13.7. The number of amides is 1. The number of sulfonamides is 1. The molecule has 0 atom stereocenters. The Labute approximate surface area is 173 Å². The van der Waals surface area contributed by atoms with Crippen LogP contribution in [0.15, 0.2) is 77.7 Å². The average Bonchev–Trinajstić information content (AvgIpc) is 2.70. The maximum atomic E-state index is 12.5. The molecule has 0 radical (unpaired) electrons. The van der Waals surface area contributed by atoms with Gasteiger partial charge in [0, 0.05) is 27.5 Å². The molecule has 0 aliphatic rings. The molecule has 6 nitrogen and oxygen atoms in total. The molecule has 0 spiro atoms. The zero-order valence-electron chi connectivity index (χ0n) is 15.3. The van der Waals surface area contributed by atoms with Crippen molar-refractivity contribution in [3.8, 4) is 0 Å². The van der Waals surface area contributed by atoms with Crippen LogP contribution in [0.2, 0.25) is 5.02 Å². The van der Waals surface area contributed by atoms with Gasteiger partial charge >= 0.3 is 0 Å². The van der Waals surface area contributed by atoms with Gasteiger partial charge in [0.15, 0.2) is 5.78 Å². The van der Waals surface area contributed by atoms with Crippen molar-refractivity contribution in [2.24, 2.45) is 0 Å². The largest absolute Gasteiger partial charge is 0.322 e. The third-order valence-electron chi connectivity index (χ3n) is 4.05. The van der Waals surface area contributed by atoms with Crippen molar-refractivity contribution in [2.45, 2.75) is 11.8 Å². The highest BCUT2D eigenvalue weighted by atomic mass is 35.5. The summed E-state index contributed by atoms with van der Waals surface area (Å²) in [5.41, 5.74) is 1.62. The summed E-state index contributed by atoms with van der Waals surface area (Å²) in [6.07, 6.45) is 0. The normalized spacial score (nSPS) is 11.0. The highest BCUT2D eigenvalue weighted by Gasteiger charge is 2.15. The molecule has 0 heterocycles. The lowest BCUT2D eigenvalue weighted by atomic mass is 10.1. The van der Waals surface area contributed by atoms with Gasteiger partial charge in [0.05, 0.1) is 4.90 Å². The minimum Gasteiger partial charge on any atom is -0.322 e. The van der Waals surface area contributed by atoms with Crippen molar-refractivity contribution in [1.82, 2.24) is 0 Å². The van der Waals surface area contributed by atoms with Crippen LogP contribution in [0.4, 0.5) is 11.4 Å². The molecule has 0 bridgehead atoms. The fraction of sp³-hybridized carbons (Fsp3) is 0.0476. The van der Waals surface area contributed by atoms with Gasteiger partial charge in [-0.1, -0.05) is 23.7 Å². The van der Waals surface area contributed by atoms with E-state index < -0.39 is 15.9 Å². The number of carbonyl (C=O) groups excluding carboxylic acids is 2. The first kappa shape index (κ1) is 20.6. The Hall–Kier alpha value is -3.16. The van der Waals surface area contributed by atoms with Gasteiger partial charge in [-0.3, -0.25) is 14.3 Å². The van der Waals surface area contributed by atoms with E-state index in [1.54, 1.807) is 48.5 Å². The number of halogens is 1. The molecule has 0 saturated carbocycles. The topological polar surface area (TPSA) is 92.3 Å². The molecule has 0 aliphatic heterocycles. The Morgan fingerprint density at radius 3 is 2.10 bits per heavy atom. The minimum absolute atomic E-state index is 0.0163. The number of hydrogen-bond acceptors (Lipinski definition) is 4. The molecule has 3 rings (SSSR count). The molecule has 29 heavy (non-hydrogen) atoms. The standard InChI is InChI=1S/C21H17ClN2O4S/c1-14(25)16-3-2-4-19(13-16)23-21(26)15-5-11-20(12-6-15)29(27,28)24-18-9-7-17(22)8-10-18/h2-13,24H,1H3,(H,23,26). The zero-order chi connectivity index (χ0) is 21.0. The summed E-state index contributed by atoms with van der Waals surface area (Å²) >= 11 is 5.80. The van der Waals surface area contributed by atoms with Crippen LogP contribution in [0.5, 0.6) is 0 Å². The molecule has 2 N–H and O–H groups in total. The first-order valence-electron chi connectivity index (χ1n) is 8.55. The van der Waals surface area contributed by atoms with Crippen LogP contribution in [0.3, 0.4) is 0 Å². The molecular formula is C21H17ClN2O4S. The minimum atomic E-state index is -3.80. The van der Waals surface area contributed by atoms with Crippen LogP contribution in [-0.2, 0) is 10.0 Å². The predicted octanol–water partition coefficient (Wildman–Crippen LogP) is 4.60. The molecule has 0 aliphatic carbocycles. The molecule has 0 aromatic heterocycles. The van der Waals surface area contributed by atoms with Gasteiger partial charge in [-0.05, 0) is 67.6 Å². The first-order valence-corrected chi connectivity index (χ1v) is 10.4. The summed E-state index contributed by atoms with van der Waals surface area (Å²) in [7, 11) is -3.80. The van der Waals surface area contributed by atoms with Crippen molar-refractivity contribution < 1.29 is 18.0 Å². The second kappa shape index (κ2) is 8.46. The number of nitrogens with one attached hydrogen (secondary N) is 2. The van der Waals surface area contributed by atoms with E-state index in [2.05, 4.69) is 10.0 Å². The summed E-state index contributed by atoms with van der Waals surface area (Å²) in [6.45, 7) is 1.44. The van der Waals surface area contributed by atoms with E-state index in [1.165, 1.54) is 31.2 Å². The molecule has 0 unspecified atom stereocenters.